The van der Waals surface area contributed by atoms with Crippen molar-refractivity contribution in [1.82, 2.24) is 4.90 Å². The van der Waals surface area contributed by atoms with Gasteiger partial charge < -0.3 is 28.3 Å². The summed E-state index contributed by atoms with van der Waals surface area (Å²) in [6, 6.07) is 11.0. The Bertz CT molecular complexity index is 824. The summed E-state index contributed by atoms with van der Waals surface area (Å²) in [4.78, 5) is 14.5. The monoisotopic (exact) mass is 419 g/mol. The van der Waals surface area contributed by atoms with E-state index in [-0.39, 0.29) is 24.2 Å². The Kier molecular flexibility index (Phi) is 6.32. The number of thioether (sulfide) groups is 1. The van der Waals surface area contributed by atoms with Gasteiger partial charge in [0, 0.05) is 6.07 Å². The fourth-order valence-electron chi connectivity index (χ4n) is 3.54. The molecule has 0 radical (unpaired) electrons. The van der Waals surface area contributed by atoms with E-state index in [0.717, 1.165) is 17.3 Å². The number of rotatable bonds is 6. The van der Waals surface area contributed by atoms with Crippen molar-refractivity contribution in [1.29, 1.82) is 0 Å². The third kappa shape index (κ3) is 4.71. The topological polar surface area (TPSA) is 70.4 Å². The molecule has 1 aromatic heterocycles. The van der Waals surface area contributed by atoms with Crippen LogP contribution in [0.2, 0.25) is 0 Å². The smallest absolute Gasteiger partial charge is 0.289 e. The van der Waals surface area contributed by atoms with Crippen LogP contribution in [0.5, 0.6) is 11.5 Å². The van der Waals surface area contributed by atoms with E-state index in [1.807, 2.05) is 36.6 Å². The van der Waals surface area contributed by atoms with Crippen LogP contribution < -0.4 is 9.47 Å². The van der Waals surface area contributed by atoms with Gasteiger partial charge in [-0.05, 0) is 30.5 Å². The number of ether oxygens (including phenoxy) is 4. The highest BCUT2D eigenvalue weighted by atomic mass is 32.2. The van der Waals surface area contributed by atoms with Crippen molar-refractivity contribution in [2.45, 2.75) is 24.1 Å². The summed E-state index contributed by atoms with van der Waals surface area (Å²) in [6.45, 7) is 1.76. The maximum absolute atomic E-state index is 12.7. The molecule has 2 aliphatic heterocycles. The maximum atomic E-state index is 12.7. The number of amides is 1. The Morgan fingerprint density at radius 1 is 1.14 bits per heavy atom. The number of furan rings is 1. The number of benzene rings is 1. The average molecular weight is 419 g/mol. The molecule has 29 heavy (non-hydrogen) atoms. The van der Waals surface area contributed by atoms with Crippen LogP contribution >= 0.6 is 11.8 Å². The Labute approximate surface area is 174 Å². The first-order valence-electron chi connectivity index (χ1n) is 9.57. The van der Waals surface area contributed by atoms with Crippen LogP contribution in [0.3, 0.4) is 0 Å². The van der Waals surface area contributed by atoms with E-state index in [4.69, 9.17) is 23.4 Å². The van der Waals surface area contributed by atoms with Crippen LogP contribution in [0.4, 0.5) is 0 Å². The second-order valence-corrected chi connectivity index (χ2v) is 7.94. The highest BCUT2D eigenvalue weighted by Gasteiger charge is 2.40. The quantitative estimate of drug-likeness (QED) is 0.713. The molecule has 0 bridgehead atoms. The molecule has 2 fully saturated rings. The van der Waals surface area contributed by atoms with Crippen LogP contribution in [0.25, 0.3) is 0 Å². The summed E-state index contributed by atoms with van der Waals surface area (Å²) in [5, 5.41) is 0. The van der Waals surface area contributed by atoms with Crippen LogP contribution in [0, 0.1) is 0 Å². The predicted octanol–water partition coefficient (Wildman–Crippen LogP) is 2.84. The standard InChI is InChI=1S/C21H25NO6S/c1-24-14-4-3-5-15(8-14)27-17-11-25-19-9-22(10-20(19)26-12-17)21(23)18-7-6-16(28-18)13-29-2/h3-8,17,19-20H,9-13H2,1-2H3/t19-,20-/m0/s1. The maximum Gasteiger partial charge on any atom is 0.289 e. The van der Waals surface area contributed by atoms with Crippen LogP contribution in [-0.4, -0.2) is 68.8 Å². The third-order valence-electron chi connectivity index (χ3n) is 5.00. The van der Waals surface area contributed by atoms with Gasteiger partial charge in [0.1, 0.15) is 35.6 Å². The third-order valence-corrected chi connectivity index (χ3v) is 5.57. The number of fused-ring (bicyclic) bond motifs is 1. The first kappa shape index (κ1) is 20.1. The predicted molar refractivity (Wildman–Crippen MR) is 109 cm³/mol. The van der Waals surface area contributed by atoms with E-state index in [9.17, 15) is 4.79 Å². The van der Waals surface area contributed by atoms with E-state index >= 15 is 0 Å². The van der Waals surface area contributed by atoms with E-state index in [1.165, 1.54) is 0 Å². The first-order chi connectivity index (χ1) is 14.2. The lowest BCUT2D eigenvalue weighted by Crippen LogP contribution is -2.32. The van der Waals surface area contributed by atoms with E-state index in [1.54, 1.807) is 29.8 Å². The van der Waals surface area contributed by atoms with Gasteiger partial charge in [-0.3, -0.25) is 4.79 Å². The van der Waals surface area contributed by atoms with Crippen molar-refractivity contribution in [3.63, 3.8) is 0 Å². The van der Waals surface area contributed by atoms with E-state index in [2.05, 4.69) is 0 Å². The summed E-state index contributed by atoms with van der Waals surface area (Å²) in [5.74, 6) is 3.25. The molecular formula is C21H25NO6S. The molecule has 7 nitrogen and oxygen atoms in total. The van der Waals surface area contributed by atoms with Gasteiger partial charge in [-0.15, -0.1) is 0 Å². The minimum Gasteiger partial charge on any atom is -0.497 e. The lowest BCUT2D eigenvalue weighted by molar-refractivity contribution is -0.00461. The fraction of sp³-hybridized carbons (Fsp3) is 0.476. The second kappa shape index (κ2) is 9.11. The van der Waals surface area contributed by atoms with Crippen LogP contribution in [0.1, 0.15) is 16.3 Å². The molecule has 0 saturated carbocycles. The minimum atomic E-state index is -0.212. The lowest BCUT2D eigenvalue weighted by Gasteiger charge is -2.19. The molecule has 0 spiro atoms. The SMILES string of the molecule is COc1cccc(OC2CO[C@H]3CN(C(=O)c4ccc(CSC)o4)C[C@@H]3OC2)c1. The zero-order valence-corrected chi connectivity index (χ0v) is 17.4. The molecule has 2 aromatic rings. The second-order valence-electron chi connectivity index (χ2n) is 7.07. The van der Waals surface area contributed by atoms with Crippen molar-refractivity contribution < 1.29 is 28.2 Å². The lowest BCUT2D eigenvalue weighted by atomic mass is 10.3. The molecule has 2 aliphatic rings. The molecular weight excluding hydrogens is 394 g/mol. The fourth-order valence-corrected chi connectivity index (χ4v) is 3.98. The van der Waals surface area contributed by atoms with Crippen LogP contribution in [0.15, 0.2) is 40.8 Å². The molecule has 1 amide bonds. The van der Waals surface area contributed by atoms with E-state index < -0.39 is 0 Å². The van der Waals surface area contributed by atoms with Gasteiger partial charge in [-0.2, -0.15) is 11.8 Å². The van der Waals surface area contributed by atoms with Gasteiger partial charge in [-0.25, -0.2) is 0 Å². The Morgan fingerprint density at radius 3 is 2.55 bits per heavy atom. The molecule has 0 unspecified atom stereocenters. The molecule has 0 N–H and O–H groups in total. The van der Waals surface area contributed by atoms with Crippen molar-refractivity contribution in [2.75, 3.05) is 39.7 Å². The first-order valence-corrected chi connectivity index (χ1v) is 11.0. The summed E-state index contributed by atoms with van der Waals surface area (Å²) in [7, 11) is 1.62. The number of hydrogen-bond acceptors (Lipinski definition) is 7. The summed E-state index contributed by atoms with van der Waals surface area (Å²) < 4.78 is 28.9. The Hall–Kier alpha value is -2.16. The number of nitrogens with zero attached hydrogens (tertiary/aromatic N) is 1. The van der Waals surface area contributed by atoms with Crippen molar-refractivity contribution in [2.24, 2.45) is 0 Å². The normalized spacial score (nSPS) is 22.2. The van der Waals surface area contributed by atoms with Crippen LogP contribution in [-0.2, 0) is 15.2 Å². The van der Waals surface area contributed by atoms with Gasteiger partial charge >= 0.3 is 0 Å². The van der Waals surface area contributed by atoms with Gasteiger partial charge in [0.25, 0.3) is 5.91 Å². The Morgan fingerprint density at radius 2 is 1.86 bits per heavy atom. The largest absolute Gasteiger partial charge is 0.497 e. The van der Waals surface area contributed by atoms with Crippen molar-refractivity contribution >= 4 is 17.7 Å². The zero-order valence-electron chi connectivity index (χ0n) is 16.5. The number of methoxy groups -OCH3 is 1. The Balaban J connectivity index is 1.32. The van der Waals surface area contributed by atoms with E-state index in [0.29, 0.717) is 37.8 Å². The minimum absolute atomic E-state index is 0.123. The number of likely N-dealkylation sites (tertiary alicyclic amines) is 1. The number of hydrogen-bond donors (Lipinski definition) is 0. The molecule has 156 valence electrons. The van der Waals surface area contributed by atoms with Gasteiger partial charge in [0.2, 0.25) is 0 Å². The number of carbonyl (C=O) groups is 1. The van der Waals surface area contributed by atoms with Crippen molar-refractivity contribution in [3.05, 3.63) is 47.9 Å². The average Bonchev–Trinajstić information content (AvgIpc) is 3.33. The van der Waals surface area contributed by atoms with Gasteiger partial charge in [-0.1, -0.05) is 6.07 Å². The molecule has 2 atom stereocenters. The molecule has 0 aliphatic carbocycles. The summed E-state index contributed by atoms with van der Waals surface area (Å²) in [6.07, 6.45) is 1.45. The zero-order chi connectivity index (χ0) is 20.2. The molecule has 4 rings (SSSR count). The number of carbonyl (C=O) groups excluding carboxylic acids is 1. The van der Waals surface area contributed by atoms with Gasteiger partial charge in [0.15, 0.2) is 5.76 Å². The highest BCUT2D eigenvalue weighted by Crippen LogP contribution is 2.25. The molecule has 1 aromatic carbocycles. The molecule has 3 heterocycles. The highest BCUT2D eigenvalue weighted by molar-refractivity contribution is 7.97. The molecule has 8 heteroatoms. The summed E-state index contributed by atoms with van der Waals surface area (Å²) >= 11 is 1.66. The summed E-state index contributed by atoms with van der Waals surface area (Å²) in [5.41, 5.74) is 0. The van der Waals surface area contributed by atoms with Gasteiger partial charge in [0.05, 0.1) is 39.2 Å². The van der Waals surface area contributed by atoms with Crippen molar-refractivity contribution in [3.8, 4) is 11.5 Å². The molecule has 2 saturated heterocycles.